The van der Waals surface area contributed by atoms with Gasteiger partial charge in [0.25, 0.3) is 0 Å². The number of halogens is 1. The molecule has 0 aliphatic carbocycles. The van der Waals surface area contributed by atoms with Crippen LogP contribution >= 0.6 is 0 Å². The minimum Gasteiger partial charge on any atom is -0.496 e. The zero-order valence-electron chi connectivity index (χ0n) is 16.3. The molecule has 0 aromatic heterocycles. The molecule has 1 atom stereocenters. The molecule has 1 heterocycles. The number of nitrogens with one attached hydrogen (secondary N) is 1. The number of piperidine rings is 1. The van der Waals surface area contributed by atoms with Gasteiger partial charge in [0.15, 0.2) is 0 Å². The Labute approximate surface area is 166 Å². The Morgan fingerprint density at radius 2 is 1.86 bits per heavy atom. The third kappa shape index (κ3) is 4.71. The quantitative estimate of drug-likeness (QED) is 0.763. The Hall–Kier alpha value is -1.96. The van der Waals surface area contributed by atoms with Gasteiger partial charge in [0.2, 0.25) is 10.0 Å². The van der Waals surface area contributed by atoms with Crippen molar-refractivity contribution in [2.45, 2.75) is 37.1 Å². The van der Waals surface area contributed by atoms with Gasteiger partial charge in [-0.1, -0.05) is 24.6 Å². The van der Waals surface area contributed by atoms with E-state index in [9.17, 15) is 12.8 Å². The van der Waals surface area contributed by atoms with Gasteiger partial charge >= 0.3 is 0 Å². The Morgan fingerprint density at radius 3 is 2.54 bits per heavy atom. The van der Waals surface area contributed by atoms with Crippen LogP contribution in [-0.4, -0.2) is 40.1 Å². The number of methoxy groups -OCH3 is 1. The zero-order valence-corrected chi connectivity index (χ0v) is 17.1. The van der Waals surface area contributed by atoms with Gasteiger partial charge in [-0.15, -0.1) is 0 Å². The van der Waals surface area contributed by atoms with Gasteiger partial charge < -0.3 is 4.74 Å². The number of hydrogen-bond donors (Lipinski definition) is 1. The number of hydrogen-bond acceptors (Lipinski definition) is 4. The molecule has 7 heteroatoms. The fraction of sp³-hybridized carbons (Fsp3) is 0.429. The van der Waals surface area contributed by atoms with Crippen LogP contribution < -0.4 is 9.46 Å². The van der Waals surface area contributed by atoms with E-state index in [-0.39, 0.29) is 17.5 Å². The number of rotatable bonds is 7. The molecule has 0 bridgehead atoms. The predicted molar refractivity (Wildman–Crippen MR) is 107 cm³/mol. The number of nitrogens with zero attached hydrogens (tertiary/aromatic N) is 1. The minimum absolute atomic E-state index is 0.103. The van der Waals surface area contributed by atoms with E-state index in [0.717, 1.165) is 37.2 Å². The fourth-order valence-corrected chi connectivity index (χ4v) is 5.05. The second kappa shape index (κ2) is 9.03. The van der Waals surface area contributed by atoms with Gasteiger partial charge in [0.1, 0.15) is 11.6 Å². The van der Waals surface area contributed by atoms with E-state index in [1.807, 2.05) is 24.3 Å². The van der Waals surface area contributed by atoms with Gasteiger partial charge in [-0.3, -0.25) is 4.90 Å². The van der Waals surface area contributed by atoms with E-state index >= 15 is 0 Å². The van der Waals surface area contributed by atoms with Crippen LogP contribution in [0.1, 0.15) is 36.4 Å². The Kier molecular flexibility index (Phi) is 6.69. The summed E-state index contributed by atoms with van der Waals surface area (Å²) in [7, 11) is -2.13. The summed E-state index contributed by atoms with van der Waals surface area (Å²) in [6.45, 7) is 3.65. The standard InChI is InChI=1S/C21H27FN2O3S/c1-16-14-17(22)10-11-21(16)28(25,26)23-15-19(24-12-6-3-7-13-24)18-8-4-5-9-20(18)27-2/h4-5,8-11,14,19,23H,3,6-7,12-13,15H2,1-2H3. The van der Waals surface area contributed by atoms with Crippen molar-refractivity contribution in [1.82, 2.24) is 9.62 Å². The third-order valence-corrected chi connectivity index (χ3v) is 6.81. The first-order chi connectivity index (χ1) is 13.4. The highest BCUT2D eigenvalue weighted by Crippen LogP contribution is 2.31. The average molecular weight is 407 g/mol. The largest absolute Gasteiger partial charge is 0.496 e. The lowest BCUT2D eigenvalue weighted by Crippen LogP contribution is -2.40. The van der Waals surface area contributed by atoms with Crippen molar-refractivity contribution in [1.29, 1.82) is 0 Å². The first-order valence-electron chi connectivity index (χ1n) is 9.55. The summed E-state index contributed by atoms with van der Waals surface area (Å²) >= 11 is 0. The lowest BCUT2D eigenvalue weighted by atomic mass is 10.0. The van der Waals surface area contributed by atoms with Crippen LogP contribution in [0.5, 0.6) is 5.75 Å². The highest BCUT2D eigenvalue weighted by Gasteiger charge is 2.27. The molecule has 0 amide bonds. The minimum atomic E-state index is -3.75. The van der Waals surface area contributed by atoms with Crippen molar-refractivity contribution < 1.29 is 17.5 Å². The van der Waals surface area contributed by atoms with Crippen molar-refractivity contribution in [3.8, 4) is 5.75 Å². The number of aryl methyl sites for hydroxylation is 1. The first kappa shape index (κ1) is 20.8. The molecule has 1 saturated heterocycles. The van der Waals surface area contributed by atoms with Crippen molar-refractivity contribution >= 4 is 10.0 Å². The molecule has 5 nitrogen and oxygen atoms in total. The van der Waals surface area contributed by atoms with Crippen LogP contribution in [0.25, 0.3) is 0 Å². The van der Waals surface area contributed by atoms with Crippen molar-refractivity contribution in [3.63, 3.8) is 0 Å². The van der Waals surface area contributed by atoms with Crippen molar-refractivity contribution in [2.75, 3.05) is 26.7 Å². The summed E-state index contributed by atoms with van der Waals surface area (Å²) in [6, 6.07) is 11.3. The SMILES string of the molecule is COc1ccccc1C(CNS(=O)(=O)c1ccc(F)cc1C)N1CCCCC1. The van der Waals surface area contributed by atoms with E-state index in [1.54, 1.807) is 14.0 Å². The van der Waals surface area contributed by atoms with E-state index in [2.05, 4.69) is 9.62 Å². The number of benzene rings is 2. The highest BCUT2D eigenvalue weighted by atomic mass is 32.2. The maximum Gasteiger partial charge on any atom is 0.240 e. The molecule has 0 radical (unpaired) electrons. The molecule has 1 fully saturated rings. The van der Waals surface area contributed by atoms with Gasteiger partial charge in [-0.05, 0) is 62.7 Å². The van der Waals surface area contributed by atoms with Gasteiger partial charge in [-0.2, -0.15) is 0 Å². The summed E-state index contributed by atoms with van der Waals surface area (Å²) in [6.07, 6.45) is 3.38. The second-order valence-corrected chi connectivity index (χ2v) is 8.85. The highest BCUT2D eigenvalue weighted by molar-refractivity contribution is 7.89. The molecule has 1 unspecified atom stereocenters. The molecule has 2 aromatic rings. The summed E-state index contributed by atoms with van der Waals surface area (Å²) in [5, 5.41) is 0. The molecule has 0 saturated carbocycles. The summed E-state index contributed by atoms with van der Waals surface area (Å²) in [5.41, 5.74) is 1.35. The van der Waals surface area contributed by atoms with Crippen molar-refractivity contribution in [3.05, 3.63) is 59.4 Å². The molecular formula is C21H27FN2O3S. The third-order valence-electron chi connectivity index (χ3n) is 5.22. The Balaban J connectivity index is 1.87. The van der Waals surface area contributed by atoms with Crippen molar-refractivity contribution in [2.24, 2.45) is 0 Å². The van der Waals surface area contributed by atoms with Crippen LogP contribution in [0.4, 0.5) is 4.39 Å². The second-order valence-electron chi connectivity index (χ2n) is 7.12. The van der Waals surface area contributed by atoms with Crippen LogP contribution in [-0.2, 0) is 10.0 Å². The van der Waals surface area contributed by atoms with Gasteiger partial charge in [0.05, 0.1) is 18.0 Å². The Morgan fingerprint density at radius 1 is 1.14 bits per heavy atom. The molecular weight excluding hydrogens is 379 g/mol. The van der Waals surface area contributed by atoms with E-state index in [4.69, 9.17) is 4.74 Å². The molecule has 1 aliphatic rings. The van der Waals surface area contributed by atoms with E-state index < -0.39 is 15.8 Å². The molecule has 2 aromatic carbocycles. The average Bonchev–Trinajstić information content (AvgIpc) is 2.69. The summed E-state index contributed by atoms with van der Waals surface area (Å²) < 4.78 is 47.3. The summed E-state index contributed by atoms with van der Waals surface area (Å²) in [5.74, 6) is 0.298. The van der Waals surface area contributed by atoms with E-state index in [0.29, 0.717) is 5.56 Å². The zero-order chi connectivity index (χ0) is 20.1. The topological polar surface area (TPSA) is 58.6 Å². The molecule has 0 spiro atoms. The Bertz CT molecular complexity index is 912. The number of ether oxygens (including phenoxy) is 1. The molecule has 28 heavy (non-hydrogen) atoms. The maximum atomic E-state index is 13.4. The molecule has 3 rings (SSSR count). The fourth-order valence-electron chi connectivity index (χ4n) is 3.79. The molecule has 152 valence electrons. The smallest absolute Gasteiger partial charge is 0.240 e. The van der Waals surface area contributed by atoms with Crippen LogP contribution in [0, 0.1) is 12.7 Å². The molecule has 1 aliphatic heterocycles. The number of sulfonamides is 1. The van der Waals surface area contributed by atoms with Crippen LogP contribution in [0.2, 0.25) is 0 Å². The maximum absolute atomic E-state index is 13.4. The monoisotopic (exact) mass is 406 g/mol. The summed E-state index contributed by atoms with van der Waals surface area (Å²) in [4.78, 5) is 2.41. The normalized spacial score (nSPS) is 16.7. The predicted octanol–water partition coefficient (Wildman–Crippen LogP) is 3.65. The lowest BCUT2D eigenvalue weighted by molar-refractivity contribution is 0.162. The first-order valence-corrected chi connectivity index (χ1v) is 11.0. The lowest BCUT2D eigenvalue weighted by Gasteiger charge is -2.35. The van der Waals surface area contributed by atoms with E-state index in [1.165, 1.54) is 24.6 Å². The number of para-hydroxylation sites is 1. The van der Waals surface area contributed by atoms with Gasteiger partial charge in [-0.25, -0.2) is 17.5 Å². The molecule has 1 N–H and O–H groups in total. The number of likely N-dealkylation sites (tertiary alicyclic amines) is 1. The van der Waals surface area contributed by atoms with Crippen LogP contribution in [0.3, 0.4) is 0 Å². The van der Waals surface area contributed by atoms with Gasteiger partial charge in [0, 0.05) is 12.1 Å². The van der Waals surface area contributed by atoms with Crippen LogP contribution in [0.15, 0.2) is 47.4 Å².